The third-order valence-electron chi connectivity index (χ3n) is 4.81. The molecule has 1 aliphatic carbocycles. The van der Waals surface area contributed by atoms with Crippen LogP contribution >= 0.6 is 11.8 Å². The molecule has 0 N–H and O–H groups in total. The SMILES string of the molecule is COC(=O)C1=C(C)N=C2SC3=C(CCCC3)N2[C@H]1c1ccccc1. The zero-order valence-electron chi connectivity index (χ0n) is 13.9. The van der Waals surface area contributed by atoms with Gasteiger partial charge in [-0.1, -0.05) is 42.1 Å². The third kappa shape index (κ3) is 2.38. The molecule has 24 heavy (non-hydrogen) atoms. The monoisotopic (exact) mass is 340 g/mol. The van der Waals surface area contributed by atoms with Crippen LogP contribution in [0.1, 0.15) is 44.2 Å². The summed E-state index contributed by atoms with van der Waals surface area (Å²) in [5, 5.41) is 1.00. The van der Waals surface area contributed by atoms with E-state index >= 15 is 0 Å². The summed E-state index contributed by atoms with van der Waals surface area (Å²) in [6.07, 6.45) is 4.60. The van der Waals surface area contributed by atoms with E-state index in [9.17, 15) is 4.79 Å². The van der Waals surface area contributed by atoms with Crippen LogP contribution < -0.4 is 0 Å². The molecule has 5 heteroatoms. The maximum absolute atomic E-state index is 12.5. The van der Waals surface area contributed by atoms with Crippen molar-refractivity contribution in [3.05, 3.63) is 57.8 Å². The van der Waals surface area contributed by atoms with Gasteiger partial charge in [0.15, 0.2) is 5.17 Å². The van der Waals surface area contributed by atoms with E-state index in [1.54, 1.807) is 11.8 Å². The average Bonchev–Trinajstić information content (AvgIpc) is 2.98. The van der Waals surface area contributed by atoms with Gasteiger partial charge in [-0.3, -0.25) is 0 Å². The van der Waals surface area contributed by atoms with Gasteiger partial charge in [-0.2, -0.15) is 0 Å². The summed E-state index contributed by atoms with van der Waals surface area (Å²) >= 11 is 1.77. The lowest BCUT2D eigenvalue weighted by Crippen LogP contribution is -2.36. The van der Waals surface area contributed by atoms with Gasteiger partial charge in [0.05, 0.1) is 24.4 Å². The van der Waals surface area contributed by atoms with Gasteiger partial charge in [0.1, 0.15) is 0 Å². The number of thioether (sulfide) groups is 1. The van der Waals surface area contributed by atoms with Gasteiger partial charge in [-0.25, -0.2) is 9.79 Å². The first-order valence-electron chi connectivity index (χ1n) is 8.32. The fourth-order valence-electron chi connectivity index (χ4n) is 3.70. The number of nitrogens with zero attached hydrogens (tertiary/aromatic N) is 2. The minimum atomic E-state index is -0.293. The van der Waals surface area contributed by atoms with E-state index in [1.165, 1.54) is 30.6 Å². The second-order valence-electron chi connectivity index (χ2n) is 6.25. The maximum atomic E-state index is 12.5. The average molecular weight is 340 g/mol. The number of allylic oxidation sites excluding steroid dienone is 3. The molecule has 0 bridgehead atoms. The first-order valence-corrected chi connectivity index (χ1v) is 9.14. The Morgan fingerprint density at radius 3 is 2.75 bits per heavy atom. The second-order valence-corrected chi connectivity index (χ2v) is 7.31. The van der Waals surface area contributed by atoms with E-state index < -0.39 is 0 Å². The summed E-state index contributed by atoms with van der Waals surface area (Å²) < 4.78 is 5.08. The predicted octanol–water partition coefficient (Wildman–Crippen LogP) is 4.38. The quantitative estimate of drug-likeness (QED) is 0.749. The lowest BCUT2D eigenvalue weighted by Gasteiger charge is -2.36. The van der Waals surface area contributed by atoms with E-state index in [0.29, 0.717) is 5.57 Å². The Bertz CT molecular complexity index is 780. The molecule has 1 atom stereocenters. The highest BCUT2D eigenvalue weighted by molar-refractivity contribution is 8.17. The summed E-state index contributed by atoms with van der Waals surface area (Å²) in [6, 6.07) is 10.0. The first-order chi connectivity index (χ1) is 11.7. The van der Waals surface area contributed by atoms with Crippen LogP contribution in [0.4, 0.5) is 0 Å². The molecule has 124 valence electrons. The number of benzene rings is 1. The molecule has 0 unspecified atom stereocenters. The number of carbonyl (C=O) groups is 1. The molecule has 0 spiro atoms. The zero-order valence-corrected chi connectivity index (χ0v) is 14.7. The minimum absolute atomic E-state index is 0.149. The van der Waals surface area contributed by atoms with Gasteiger partial charge in [-0.05, 0) is 38.2 Å². The molecule has 0 aromatic heterocycles. The van der Waals surface area contributed by atoms with Crippen LogP contribution in [-0.2, 0) is 9.53 Å². The molecule has 0 radical (unpaired) electrons. The normalized spacial score (nSPS) is 23.0. The Labute approximate surface area is 146 Å². The van der Waals surface area contributed by atoms with E-state index in [0.717, 1.165) is 29.3 Å². The van der Waals surface area contributed by atoms with Crippen molar-refractivity contribution in [2.75, 3.05) is 7.11 Å². The van der Waals surface area contributed by atoms with Crippen LogP contribution in [-0.4, -0.2) is 23.1 Å². The van der Waals surface area contributed by atoms with Gasteiger partial charge in [-0.15, -0.1) is 0 Å². The Morgan fingerprint density at radius 1 is 1.25 bits per heavy atom. The molecular formula is C19H20N2O2S. The highest BCUT2D eigenvalue weighted by Gasteiger charge is 2.43. The molecule has 1 aromatic rings. The van der Waals surface area contributed by atoms with Crippen molar-refractivity contribution in [1.29, 1.82) is 0 Å². The second kappa shape index (κ2) is 6.13. The maximum Gasteiger partial charge on any atom is 0.338 e. The fraction of sp³-hybridized carbons (Fsp3) is 0.368. The van der Waals surface area contributed by atoms with Crippen LogP contribution in [0.15, 0.2) is 57.2 Å². The van der Waals surface area contributed by atoms with Crippen LogP contribution in [0.25, 0.3) is 0 Å². The molecule has 0 saturated carbocycles. The van der Waals surface area contributed by atoms with Crippen molar-refractivity contribution in [2.24, 2.45) is 4.99 Å². The molecule has 0 saturated heterocycles. The summed E-state index contributed by atoms with van der Waals surface area (Å²) in [4.78, 5) is 20.9. The van der Waals surface area contributed by atoms with Crippen molar-refractivity contribution in [3.63, 3.8) is 0 Å². The summed E-state index contributed by atoms with van der Waals surface area (Å²) in [6.45, 7) is 1.91. The highest BCUT2D eigenvalue weighted by atomic mass is 32.2. The number of fused-ring (bicyclic) bond motifs is 2. The van der Waals surface area contributed by atoms with E-state index in [2.05, 4.69) is 17.0 Å². The molecule has 2 heterocycles. The molecule has 1 aromatic carbocycles. The molecule has 3 aliphatic rings. The lowest BCUT2D eigenvalue weighted by atomic mass is 9.92. The van der Waals surface area contributed by atoms with Gasteiger partial charge in [0.25, 0.3) is 0 Å². The molecule has 4 rings (SSSR count). The standard InChI is InChI=1S/C19H20N2O2S/c1-12-16(18(22)23-2)17(13-8-4-3-5-9-13)21-14-10-6-7-11-15(14)24-19(21)20-12/h3-5,8-9,17H,6-7,10-11H2,1-2H3/t17-/m0/s1. The number of aliphatic imine (C=N–C) groups is 1. The largest absolute Gasteiger partial charge is 0.466 e. The van der Waals surface area contributed by atoms with Gasteiger partial charge >= 0.3 is 5.97 Å². The van der Waals surface area contributed by atoms with Crippen LogP contribution in [0, 0.1) is 0 Å². The number of hydrogen-bond acceptors (Lipinski definition) is 5. The number of amidine groups is 1. The smallest absolute Gasteiger partial charge is 0.338 e. The topological polar surface area (TPSA) is 41.9 Å². The summed E-state index contributed by atoms with van der Waals surface area (Å²) in [5.41, 5.74) is 3.85. The van der Waals surface area contributed by atoms with Gasteiger partial charge in [0.2, 0.25) is 0 Å². The summed E-state index contributed by atoms with van der Waals surface area (Å²) in [7, 11) is 1.44. The van der Waals surface area contributed by atoms with Crippen LogP contribution in [0.5, 0.6) is 0 Å². The molecule has 2 aliphatic heterocycles. The van der Waals surface area contributed by atoms with Crippen molar-refractivity contribution >= 4 is 22.9 Å². The van der Waals surface area contributed by atoms with Crippen molar-refractivity contribution in [1.82, 2.24) is 4.90 Å². The predicted molar refractivity (Wildman–Crippen MR) is 96.3 cm³/mol. The molecule has 0 amide bonds. The number of rotatable bonds is 2. The lowest BCUT2D eigenvalue weighted by molar-refractivity contribution is -0.136. The number of hydrogen-bond donors (Lipinski definition) is 0. The Kier molecular flexibility index (Phi) is 3.96. The number of esters is 1. The fourth-order valence-corrected chi connectivity index (χ4v) is 4.98. The van der Waals surface area contributed by atoms with Crippen LogP contribution in [0.2, 0.25) is 0 Å². The highest BCUT2D eigenvalue weighted by Crippen LogP contribution is 2.50. The van der Waals surface area contributed by atoms with E-state index in [1.807, 2.05) is 25.1 Å². The van der Waals surface area contributed by atoms with Crippen molar-refractivity contribution in [2.45, 2.75) is 38.6 Å². The van der Waals surface area contributed by atoms with E-state index in [4.69, 9.17) is 9.73 Å². The van der Waals surface area contributed by atoms with Crippen LogP contribution in [0.3, 0.4) is 0 Å². The van der Waals surface area contributed by atoms with Gasteiger partial charge < -0.3 is 9.64 Å². The molecule has 0 fully saturated rings. The summed E-state index contributed by atoms with van der Waals surface area (Å²) in [5.74, 6) is -0.293. The number of methoxy groups -OCH3 is 1. The van der Waals surface area contributed by atoms with E-state index in [-0.39, 0.29) is 12.0 Å². The molecular weight excluding hydrogens is 320 g/mol. The zero-order chi connectivity index (χ0) is 16.7. The number of carbonyl (C=O) groups excluding carboxylic acids is 1. The van der Waals surface area contributed by atoms with Gasteiger partial charge in [0, 0.05) is 10.6 Å². The Balaban J connectivity index is 1.88. The van der Waals surface area contributed by atoms with Crippen molar-refractivity contribution < 1.29 is 9.53 Å². The first kappa shape index (κ1) is 15.5. The van der Waals surface area contributed by atoms with Crippen molar-refractivity contribution in [3.8, 4) is 0 Å². The minimum Gasteiger partial charge on any atom is -0.466 e. The number of ether oxygens (including phenoxy) is 1. The third-order valence-corrected chi connectivity index (χ3v) is 5.96. The Morgan fingerprint density at radius 2 is 2.00 bits per heavy atom. The molecule has 4 nitrogen and oxygen atoms in total. The Hall–Kier alpha value is -2.01.